The van der Waals surface area contributed by atoms with E-state index >= 15 is 0 Å². The lowest BCUT2D eigenvalue weighted by Gasteiger charge is -2.04. The number of amides is 1. The number of carbonyl (C=O) groups excluding carboxylic acids is 1. The Morgan fingerprint density at radius 3 is 2.68 bits per heavy atom. The first-order valence-electron chi connectivity index (χ1n) is 5.02. The van der Waals surface area contributed by atoms with Gasteiger partial charge in [-0.2, -0.15) is 5.10 Å². The summed E-state index contributed by atoms with van der Waals surface area (Å²) in [6.45, 7) is 0. The van der Waals surface area contributed by atoms with Crippen molar-refractivity contribution in [1.82, 2.24) is 10.2 Å². The Morgan fingerprint density at radius 2 is 2.11 bits per heavy atom. The average molecular weight is 328 g/mol. The highest BCUT2D eigenvalue weighted by molar-refractivity contribution is 9.10. The molecule has 0 fully saturated rings. The van der Waals surface area contributed by atoms with Crippen LogP contribution >= 0.6 is 15.9 Å². The molecule has 1 amide bonds. The highest BCUT2D eigenvalue weighted by atomic mass is 79.9. The van der Waals surface area contributed by atoms with Crippen molar-refractivity contribution in [2.24, 2.45) is 0 Å². The summed E-state index contributed by atoms with van der Waals surface area (Å²) in [6.07, 6.45) is 0. The maximum atomic E-state index is 12.9. The molecule has 0 spiro atoms. The average Bonchev–Trinajstić information content (AvgIpc) is 2.77. The summed E-state index contributed by atoms with van der Waals surface area (Å²) in [5, 5.41) is 17.0. The molecular formula is C11H7BrFN3O3. The van der Waals surface area contributed by atoms with Gasteiger partial charge in [0.2, 0.25) is 0 Å². The number of halogens is 2. The standard InChI is InChI=1S/C11H7BrFN3O3/c12-7-3-5(13)1-2-6(7)10(17)14-9-4-8(11(18)19)15-16-9/h1-4H,(H,18,19)(H2,14,15,16,17). The van der Waals surface area contributed by atoms with Gasteiger partial charge in [0, 0.05) is 10.5 Å². The smallest absolute Gasteiger partial charge is 0.353 e. The fraction of sp³-hybridized carbons (Fsp3) is 0. The minimum Gasteiger partial charge on any atom is -0.477 e. The van der Waals surface area contributed by atoms with E-state index in [0.717, 1.165) is 12.1 Å². The van der Waals surface area contributed by atoms with Gasteiger partial charge in [0.05, 0.1) is 5.56 Å². The van der Waals surface area contributed by atoms with E-state index < -0.39 is 17.7 Å². The Hall–Kier alpha value is -2.22. The maximum Gasteiger partial charge on any atom is 0.353 e. The zero-order valence-electron chi connectivity index (χ0n) is 9.28. The second-order valence-electron chi connectivity index (χ2n) is 3.55. The number of benzene rings is 1. The van der Waals surface area contributed by atoms with Crippen molar-refractivity contribution in [2.75, 3.05) is 5.32 Å². The SMILES string of the molecule is O=C(O)c1cc(NC(=O)c2ccc(F)cc2Br)n[nH]1. The largest absolute Gasteiger partial charge is 0.477 e. The summed E-state index contributed by atoms with van der Waals surface area (Å²) in [6, 6.07) is 4.78. The lowest BCUT2D eigenvalue weighted by Crippen LogP contribution is -2.13. The molecule has 2 aromatic rings. The first-order valence-corrected chi connectivity index (χ1v) is 5.82. The molecule has 1 aromatic heterocycles. The summed E-state index contributed by atoms with van der Waals surface area (Å²) in [7, 11) is 0. The van der Waals surface area contributed by atoms with Crippen LogP contribution in [0.3, 0.4) is 0 Å². The summed E-state index contributed by atoms with van der Waals surface area (Å²) < 4.78 is 13.2. The molecule has 0 saturated heterocycles. The van der Waals surface area contributed by atoms with Crippen LogP contribution < -0.4 is 5.32 Å². The number of anilines is 1. The van der Waals surface area contributed by atoms with E-state index in [4.69, 9.17) is 5.11 Å². The normalized spacial score (nSPS) is 10.2. The number of rotatable bonds is 3. The van der Waals surface area contributed by atoms with E-state index in [1.54, 1.807) is 0 Å². The molecule has 0 atom stereocenters. The molecule has 0 radical (unpaired) electrons. The number of H-pyrrole nitrogens is 1. The van der Waals surface area contributed by atoms with Gasteiger partial charge in [0.1, 0.15) is 11.5 Å². The number of carbonyl (C=O) groups is 2. The Labute approximate surface area is 114 Å². The number of nitrogens with one attached hydrogen (secondary N) is 2. The van der Waals surface area contributed by atoms with Crippen molar-refractivity contribution >= 4 is 33.6 Å². The minimum absolute atomic E-state index is 0.0682. The zero-order chi connectivity index (χ0) is 14.0. The number of carboxylic acids is 1. The van der Waals surface area contributed by atoms with Crippen LogP contribution in [-0.4, -0.2) is 27.2 Å². The van der Waals surface area contributed by atoms with Gasteiger partial charge >= 0.3 is 5.97 Å². The van der Waals surface area contributed by atoms with Crippen LogP contribution in [0.1, 0.15) is 20.8 Å². The van der Waals surface area contributed by atoms with Gasteiger partial charge < -0.3 is 10.4 Å². The number of nitrogens with zero attached hydrogens (tertiary/aromatic N) is 1. The molecule has 1 aromatic carbocycles. The first-order chi connectivity index (χ1) is 8.97. The van der Waals surface area contributed by atoms with Crippen molar-refractivity contribution in [3.05, 3.63) is 45.8 Å². The van der Waals surface area contributed by atoms with Gasteiger partial charge in [-0.3, -0.25) is 9.89 Å². The van der Waals surface area contributed by atoms with Gasteiger partial charge in [-0.15, -0.1) is 0 Å². The van der Waals surface area contributed by atoms with Crippen molar-refractivity contribution in [3.8, 4) is 0 Å². The Kier molecular flexibility index (Phi) is 3.61. The number of aromatic amines is 1. The molecule has 0 unspecified atom stereocenters. The molecule has 1 heterocycles. The van der Waals surface area contributed by atoms with Gasteiger partial charge in [0.15, 0.2) is 5.82 Å². The number of hydrogen-bond donors (Lipinski definition) is 3. The third-order valence-corrected chi connectivity index (χ3v) is 2.88. The fourth-order valence-electron chi connectivity index (χ4n) is 1.35. The summed E-state index contributed by atoms with van der Waals surface area (Å²) in [4.78, 5) is 22.5. The van der Waals surface area contributed by atoms with Gasteiger partial charge in [-0.25, -0.2) is 9.18 Å². The Balaban J connectivity index is 2.18. The summed E-state index contributed by atoms with van der Waals surface area (Å²) in [5.74, 6) is -2.12. The summed E-state index contributed by atoms with van der Waals surface area (Å²) in [5.41, 5.74) is 0.0646. The molecule has 0 aliphatic rings. The molecule has 3 N–H and O–H groups in total. The van der Waals surface area contributed by atoms with Crippen LogP contribution in [0.15, 0.2) is 28.7 Å². The van der Waals surface area contributed by atoms with Crippen LogP contribution in [0.5, 0.6) is 0 Å². The maximum absolute atomic E-state index is 12.9. The van der Waals surface area contributed by atoms with E-state index in [2.05, 4.69) is 31.4 Å². The second-order valence-corrected chi connectivity index (χ2v) is 4.40. The van der Waals surface area contributed by atoms with Gasteiger partial charge in [-0.1, -0.05) is 0 Å². The number of hydrogen-bond acceptors (Lipinski definition) is 3. The highest BCUT2D eigenvalue weighted by Crippen LogP contribution is 2.19. The molecule has 98 valence electrons. The predicted molar refractivity (Wildman–Crippen MR) is 67.6 cm³/mol. The van der Waals surface area contributed by atoms with E-state index in [1.807, 2.05) is 0 Å². The quantitative estimate of drug-likeness (QED) is 0.805. The van der Waals surface area contributed by atoms with Crippen LogP contribution in [0.25, 0.3) is 0 Å². The Morgan fingerprint density at radius 1 is 1.37 bits per heavy atom. The highest BCUT2D eigenvalue weighted by Gasteiger charge is 2.14. The zero-order valence-corrected chi connectivity index (χ0v) is 10.9. The monoisotopic (exact) mass is 327 g/mol. The third kappa shape index (κ3) is 2.97. The molecule has 0 bridgehead atoms. The van der Waals surface area contributed by atoms with Crippen molar-refractivity contribution in [1.29, 1.82) is 0 Å². The van der Waals surface area contributed by atoms with Crippen molar-refractivity contribution < 1.29 is 19.1 Å². The van der Waals surface area contributed by atoms with Crippen LogP contribution in [0, 0.1) is 5.82 Å². The van der Waals surface area contributed by atoms with Crippen molar-refractivity contribution in [3.63, 3.8) is 0 Å². The van der Waals surface area contributed by atoms with E-state index in [-0.39, 0.29) is 17.1 Å². The molecule has 2 rings (SSSR count). The van der Waals surface area contributed by atoms with Gasteiger partial charge in [0.25, 0.3) is 5.91 Å². The molecule has 6 nitrogen and oxygen atoms in total. The lowest BCUT2D eigenvalue weighted by molar-refractivity contribution is 0.0690. The van der Waals surface area contributed by atoms with Crippen molar-refractivity contribution in [2.45, 2.75) is 0 Å². The van der Waals surface area contributed by atoms with E-state index in [9.17, 15) is 14.0 Å². The number of carboxylic acid groups (broad SMARTS) is 1. The molecule has 0 saturated carbocycles. The predicted octanol–water partition coefficient (Wildman–Crippen LogP) is 2.26. The summed E-state index contributed by atoms with van der Waals surface area (Å²) >= 11 is 3.07. The molecule has 0 aliphatic carbocycles. The van der Waals surface area contributed by atoms with Crippen LogP contribution in [0.4, 0.5) is 10.2 Å². The third-order valence-electron chi connectivity index (χ3n) is 2.23. The number of aromatic carboxylic acids is 1. The topological polar surface area (TPSA) is 95.1 Å². The molecule has 8 heteroatoms. The lowest BCUT2D eigenvalue weighted by atomic mass is 10.2. The first kappa shape index (κ1) is 13.2. The van der Waals surface area contributed by atoms with E-state index in [1.165, 1.54) is 12.1 Å². The fourth-order valence-corrected chi connectivity index (χ4v) is 1.88. The second kappa shape index (κ2) is 5.19. The van der Waals surface area contributed by atoms with Gasteiger partial charge in [-0.05, 0) is 34.1 Å². The Bertz CT molecular complexity index is 656. The molecular weight excluding hydrogens is 321 g/mol. The minimum atomic E-state index is -1.18. The molecule has 19 heavy (non-hydrogen) atoms. The molecule has 0 aliphatic heterocycles. The van der Waals surface area contributed by atoms with Crippen LogP contribution in [0.2, 0.25) is 0 Å². The van der Waals surface area contributed by atoms with Crippen LogP contribution in [-0.2, 0) is 0 Å². The number of aromatic nitrogens is 2. The van der Waals surface area contributed by atoms with E-state index in [0.29, 0.717) is 4.47 Å².